The minimum atomic E-state index is -0.698. The fourth-order valence-corrected chi connectivity index (χ4v) is 1.07. The molecule has 3 nitrogen and oxygen atoms in total. The Morgan fingerprint density at radius 2 is 2.36 bits per heavy atom. The third-order valence-electron chi connectivity index (χ3n) is 1.64. The molecular formula is C7H12ClNO2. The maximum absolute atomic E-state index is 10.4. The van der Waals surface area contributed by atoms with Crippen LogP contribution < -0.4 is 0 Å². The zero-order valence-electron chi connectivity index (χ0n) is 6.36. The summed E-state index contributed by atoms with van der Waals surface area (Å²) in [6, 6.07) is 0. The third-order valence-corrected chi connectivity index (χ3v) is 1.64. The molecule has 1 aliphatic rings. The van der Waals surface area contributed by atoms with E-state index in [-0.39, 0.29) is 18.3 Å². The molecule has 1 rings (SSSR count). The highest BCUT2D eigenvalue weighted by Crippen LogP contribution is 2.11. The first-order chi connectivity index (χ1) is 4.70. The van der Waals surface area contributed by atoms with E-state index >= 15 is 0 Å². The summed E-state index contributed by atoms with van der Waals surface area (Å²) in [7, 11) is 1.88. The van der Waals surface area contributed by atoms with Crippen molar-refractivity contribution in [3.05, 3.63) is 12.3 Å². The quantitative estimate of drug-likeness (QED) is 0.649. The summed E-state index contributed by atoms with van der Waals surface area (Å²) in [5, 5.41) is 8.60. The predicted molar refractivity (Wildman–Crippen MR) is 44.8 cm³/mol. The monoisotopic (exact) mass is 177 g/mol. The number of carbonyl (C=O) groups is 1. The van der Waals surface area contributed by atoms with Crippen LogP contribution in [0.25, 0.3) is 0 Å². The number of hydrogen-bond acceptors (Lipinski definition) is 2. The van der Waals surface area contributed by atoms with Crippen molar-refractivity contribution in [2.45, 2.75) is 6.42 Å². The minimum absolute atomic E-state index is 0. The van der Waals surface area contributed by atoms with Crippen molar-refractivity contribution in [3.63, 3.8) is 0 Å². The Kier molecular flexibility index (Phi) is 3.97. The molecular weight excluding hydrogens is 166 g/mol. The number of carboxylic acids is 1. The molecule has 11 heavy (non-hydrogen) atoms. The fourth-order valence-electron chi connectivity index (χ4n) is 1.07. The number of rotatable bonds is 1. The average molecular weight is 178 g/mol. The molecule has 0 aromatic rings. The molecule has 64 valence electrons. The molecule has 0 radical (unpaired) electrons. The summed E-state index contributed by atoms with van der Waals surface area (Å²) in [5.41, 5.74) is 0. The van der Waals surface area contributed by atoms with Gasteiger partial charge in [0.15, 0.2) is 0 Å². The lowest BCUT2D eigenvalue weighted by atomic mass is 10.0. The highest BCUT2D eigenvalue weighted by molar-refractivity contribution is 5.85. The molecule has 1 N–H and O–H groups in total. The van der Waals surface area contributed by atoms with Crippen molar-refractivity contribution in [1.82, 2.24) is 4.90 Å². The minimum Gasteiger partial charge on any atom is -0.481 e. The summed E-state index contributed by atoms with van der Waals surface area (Å²) in [6.45, 7) is 0.631. The number of aliphatic carboxylic acids is 1. The van der Waals surface area contributed by atoms with E-state index in [0.29, 0.717) is 13.0 Å². The molecule has 1 unspecified atom stereocenters. The highest BCUT2D eigenvalue weighted by Gasteiger charge is 2.19. The van der Waals surface area contributed by atoms with Gasteiger partial charge in [-0.05, 0) is 12.6 Å². The van der Waals surface area contributed by atoms with Crippen molar-refractivity contribution < 1.29 is 9.90 Å². The number of allylic oxidation sites excluding steroid dienone is 1. The molecule has 0 aromatic carbocycles. The van der Waals surface area contributed by atoms with E-state index in [1.165, 1.54) is 0 Å². The maximum Gasteiger partial charge on any atom is 0.308 e. The van der Waals surface area contributed by atoms with Crippen LogP contribution in [-0.4, -0.2) is 29.6 Å². The van der Waals surface area contributed by atoms with E-state index in [9.17, 15) is 4.79 Å². The van der Waals surface area contributed by atoms with Crippen molar-refractivity contribution >= 4 is 18.4 Å². The van der Waals surface area contributed by atoms with Gasteiger partial charge in [0.05, 0.1) is 5.92 Å². The molecule has 1 aliphatic heterocycles. The zero-order chi connectivity index (χ0) is 7.56. The fraction of sp³-hybridized carbons (Fsp3) is 0.571. The van der Waals surface area contributed by atoms with Crippen molar-refractivity contribution in [2.75, 3.05) is 13.6 Å². The van der Waals surface area contributed by atoms with Crippen LogP contribution in [0.2, 0.25) is 0 Å². The lowest BCUT2D eigenvalue weighted by Gasteiger charge is -2.22. The van der Waals surface area contributed by atoms with Crippen LogP contribution in [0, 0.1) is 5.92 Å². The Bertz CT molecular complexity index is 170. The number of halogens is 1. The van der Waals surface area contributed by atoms with Gasteiger partial charge in [0, 0.05) is 13.6 Å². The molecule has 0 aromatic heterocycles. The van der Waals surface area contributed by atoms with Crippen LogP contribution in [-0.2, 0) is 4.79 Å². The van der Waals surface area contributed by atoms with Crippen LogP contribution in [0.1, 0.15) is 6.42 Å². The van der Waals surface area contributed by atoms with Crippen LogP contribution in [0.3, 0.4) is 0 Å². The molecule has 0 aliphatic carbocycles. The summed E-state index contributed by atoms with van der Waals surface area (Å²) in [6.07, 6.45) is 4.47. The smallest absolute Gasteiger partial charge is 0.308 e. The Morgan fingerprint density at radius 3 is 2.73 bits per heavy atom. The van der Waals surface area contributed by atoms with Gasteiger partial charge < -0.3 is 10.0 Å². The first-order valence-corrected chi connectivity index (χ1v) is 3.30. The van der Waals surface area contributed by atoms with E-state index in [1.807, 2.05) is 24.2 Å². The summed E-state index contributed by atoms with van der Waals surface area (Å²) < 4.78 is 0. The molecule has 0 spiro atoms. The van der Waals surface area contributed by atoms with Crippen LogP contribution in [0.15, 0.2) is 12.3 Å². The number of carboxylic acid groups (broad SMARTS) is 1. The summed E-state index contributed by atoms with van der Waals surface area (Å²) in [5.74, 6) is -0.911. The molecule has 1 atom stereocenters. The van der Waals surface area contributed by atoms with E-state index in [2.05, 4.69) is 0 Å². The Hall–Kier alpha value is -0.700. The van der Waals surface area contributed by atoms with Crippen molar-refractivity contribution in [2.24, 2.45) is 5.92 Å². The maximum atomic E-state index is 10.4. The highest BCUT2D eigenvalue weighted by atomic mass is 35.5. The van der Waals surface area contributed by atoms with Crippen LogP contribution in [0.4, 0.5) is 0 Å². The van der Waals surface area contributed by atoms with Gasteiger partial charge in [-0.15, -0.1) is 12.4 Å². The van der Waals surface area contributed by atoms with Gasteiger partial charge in [-0.2, -0.15) is 0 Å². The Labute approximate surface area is 72.1 Å². The van der Waals surface area contributed by atoms with Gasteiger partial charge in [0.2, 0.25) is 0 Å². The predicted octanol–water partition coefficient (Wildman–Crippen LogP) is 0.958. The van der Waals surface area contributed by atoms with Crippen LogP contribution in [0.5, 0.6) is 0 Å². The molecule has 0 bridgehead atoms. The van der Waals surface area contributed by atoms with Crippen molar-refractivity contribution in [3.8, 4) is 0 Å². The van der Waals surface area contributed by atoms with Gasteiger partial charge in [-0.1, -0.05) is 6.08 Å². The first kappa shape index (κ1) is 10.3. The average Bonchev–Trinajstić information content (AvgIpc) is 1.88. The second-order valence-electron chi connectivity index (χ2n) is 2.60. The Morgan fingerprint density at radius 1 is 1.73 bits per heavy atom. The van der Waals surface area contributed by atoms with E-state index in [1.54, 1.807) is 0 Å². The number of hydrogen-bond donors (Lipinski definition) is 1. The van der Waals surface area contributed by atoms with Gasteiger partial charge in [0.25, 0.3) is 0 Å². The first-order valence-electron chi connectivity index (χ1n) is 3.30. The molecule has 0 saturated carbocycles. The van der Waals surface area contributed by atoms with E-state index in [0.717, 1.165) is 0 Å². The molecule has 0 amide bonds. The van der Waals surface area contributed by atoms with Gasteiger partial charge in [-0.3, -0.25) is 4.79 Å². The second kappa shape index (κ2) is 4.23. The lowest BCUT2D eigenvalue weighted by Crippen LogP contribution is -2.29. The SMILES string of the molecule is CN1C=CCC(C(=O)O)C1.Cl. The molecule has 1 heterocycles. The van der Waals surface area contributed by atoms with Crippen molar-refractivity contribution in [1.29, 1.82) is 0 Å². The normalized spacial score (nSPS) is 22.6. The lowest BCUT2D eigenvalue weighted by molar-refractivity contribution is -0.142. The second-order valence-corrected chi connectivity index (χ2v) is 2.60. The molecule has 0 saturated heterocycles. The molecule has 4 heteroatoms. The van der Waals surface area contributed by atoms with Crippen LogP contribution >= 0.6 is 12.4 Å². The molecule has 0 fully saturated rings. The largest absolute Gasteiger partial charge is 0.481 e. The van der Waals surface area contributed by atoms with Gasteiger partial charge in [0.1, 0.15) is 0 Å². The number of nitrogens with zero attached hydrogens (tertiary/aromatic N) is 1. The van der Waals surface area contributed by atoms with Gasteiger partial charge >= 0.3 is 5.97 Å². The Balaban J connectivity index is 0.000001000. The summed E-state index contributed by atoms with van der Waals surface area (Å²) >= 11 is 0. The topological polar surface area (TPSA) is 40.5 Å². The van der Waals surface area contributed by atoms with E-state index in [4.69, 9.17) is 5.11 Å². The van der Waals surface area contributed by atoms with Gasteiger partial charge in [-0.25, -0.2) is 0 Å². The van der Waals surface area contributed by atoms with E-state index < -0.39 is 5.97 Å². The standard InChI is InChI=1S/C7H11NO2.ClH/c1-8-4-2-3-6(5-8)7(9)10;/h2,4,6H,3,5H2,1H3,(H,9,10);1H. The zero-order valence-corrected chi connectivity index (χ0v) is 7.17. The summed E-state index contributed by atoms with van der Waals surface area (Å²) in [4.78, 5) is 12.3. The third kappa shape index (κ3) is 2.80.